The first-order chi connectivity index (χ1) is 12.8. The number of hydrogen-bond acceptors (Lipinski definition) is 3. The first-order valence-electron chi connectivity index (χ1n) is 7.80. The molecule has 0 fully saturated rings. The Morgan fingerprint density at radius 2 is 1.39 bits per heavy atom. The maximum atomic E-state index is 14.1. The van der Waals surface area contributed by atoms with E-state index in [0.29, 0.717) is 0 Å². The highest BCUT2D eigenvalue weighted by atomic mass is 31.2. The fourth-order valence-corrected chi connectivity index (χ4v) is 2.96. The monoisotopic (exact) mass is 428 g/mol. The highest BCUT2D eigenvalue weighted by Gasteiger charge is 2.45. The van der Waals surface area contributed by atoms with E-state index in [1.54, 1.807) is 6.92 Å². The van der Waals surface area contributed by atoms with Gasteiger partial charge in [0.15, 0.2) is 11.6 Å². The molecule has 2 rings (SSSR count). The molecule has 0 aliphatic rings. The number of benzene rings is 2. The minimum atomic E-state index is -5.32. The third-order valence-electron chi connectivity index (χ3n) is 3.73. The lowest BCUT2D eigenvalue weighted by atomic mass is 9.96. The zero-order chi connectivity index (χ0) is 21.4. The molecule has 0 saturated heterocycles. The standard InChI is InChI=1S/C17H15F6O4P/c1-8(2)17(22,23)11-12(18)14(20)16(15(21)13(11)19)27-28(24,25)26-10-6-4-9(3)5-7-10/h4-8H,1-3H3,(H,24,25). The summed E-state index contributed by atoms with van der Waals surface area (Å²) in [6.45, 7) is 3.47. The Kier molecular flexibility index (Phi) is 6.06. The SMILES string of the molecule is Cc1ccc(OP(=O)(O)Oc2c(F)c(F)c(C(F)(F)C(C)C)c(F)c2F)cc1. The van der Waals surface area contributed by atoms with Gasteiger partial charge in [0.1, 0.15) is 5.75 Å². The average molecular weight is 428 g/mol. The molecule has 0 bridgehead atoms. The van der Waals surface area contributed by atoms with Crippen molar-refractivity contribution in [2.45, 2.75) is 26.7 Å². The maximum absolute atomic E-state index is 14.1. The molecule has 0 aliphatic heterocycles. The summed E-state index contributed by atoms with van der Waals surface area (Å²) in [6.07, 6.45) is 0. The fraction of sp³-hybridized carbons (Fsp3) is 0.294. The van der Waals surface area contributed by atoms with Crippen molar-refractivity contribution in [3.63, 3.8) is 0 Å². The number of aryl methyl sites for hydroxylation is 1. The van der Waals surface area contributed by atoms with Gasteiger partial charge in [0.2, 0.25) is 17.4 Å². The number of phosphoric acid groups is 1. The zero-order valence-corrected chi connectivity index (χ0v) is 15.7. The van der Waals surface area contributed by atoms with E-state index in [2.05, 4.69) is 9.05 Å². The summed E-state index contributed by atoms with van der Waals surface area (Å²) in [6, 6.07) is 5.39. The first kappa shape index (κ1) is 22.1. The van der Waals surface area contributed by atoms with Crippen LogP contribution in [-0.4, -0.2) is 4.89 Å². The second-order valence-electron chi connectivity index (χ2n) is 6.20. The number of alkyl halides is 2. The Morgan fingerprint density at radius 3 is 1.82 bits per heavy atom. The topological polar surface area (TPSA) is 55.8 Å². The number of hydrogen-bond donors (Lipinski definition) is 1. The van der Waals surface area contributed by atoms with Crippen molar-refractivity contribution in [2.24, 2.45) is 5.92 Å². The largest absolute Gasteiger partial charge is 0.585 e. The van der Waals surface area contributed by atoms with Gasteiger partial charge < -0.3 is 9.05 Å². The van der Waals surface area contributed by atoms with Crippen LogP contribution in [0, 0.1) is 36.1 Å². The van der Waals surface area contributed by atoms with Crippen LogP contribution in [0.3, 0.4) is 0 Å². The van der Waals surface area contributed by atoms with Crippen LogP contribution in [0.4, 0.5) is 26.3 Å². The van der Waals surface area contributed by atoms with E-state index in [9.17, 15) is 35.8 Å². The predicted octanol–water partition coefficient (Wildman–Crippen LogP) is 5.86. The second kappa shape index (κ2) is 7.67. The molecule has 0 aromatic heterocycles. The molecule has 1 unspecified atom stereocenters. The van der Waals surface area contributed by atoms with E-state index in [1.807, 2.05) is 0 Å². The fourth-order valence-electron chi connectivity index (χ4n) is 2.14. The van der Waals surface area contributed by atoms with Crippen molar-refractivity contribution < 1.29 is 44.8 Å². The van der Waals surface area contributed by atoms with Crippen molar-refractivity contribution >= 4 is 7.82 Å². The lowest BCUT2D eigenvalue weighted by Gasteiger charge is -2.23. The highest BCUT2D eigenvalue weighted by molar-refractivity contribution is 7.48. The summed E-state index contributed by atoms with van der Waals surface area (Å²) in [5, 5.41) is 0. The zero-order valence-electron chi connectivity index (χ0n) is 14.8. The summed E-state index contributed by atoms with van der Waals surface area (Å²) in [5.41, 5.74) is -1.39. The van der Waals surface area contributed by atoms with Crippen molar-refractivity contribution in [2.75, 3.05) is 0 Å². The lowest BCUT2D eigenvalue weighted by molar-refractivity contribution is -0.0586. The summed E-state index contributed by atoms with van der Waals surface area (Å²) in [7, 11) is -5.32. The van der Waals surface area contributed by atoms with Crippen molar-refractivity contribution in [1.29, 1.82) is 0 Å². The molecular weight excluding hydrogens is 413 g/mol. The van der Waals surface area contributed by atoms with Gasteiger partial charge in [-0.05, 0) is 19.1 Å². The van der Waals surface area contributed by atoms with Gasteiger partial charge in [0, 0.05) is 5.92 Å². The molecule has 4 nitrogen and oxygen atoms in total. The van der Waals surface area contributed by atoms with Gasteiger partial charge in [-0.2, -0.15) is 8.78 Å². The van der Waals surface area contributed by atoms with Gasteiger partial charge in [-0.25, -0.2) is 22.1 Å². The van der Waals surface area contributed by atoms with Crippen LogP contribution < -0.4 is 9.05 Å². The summed E-state index contributed by atoms with van der Waals surface area (Å²) in [4.78, 5) is 9.62. The quantitative estimate of drug-likeness (QED) is 0.356. The van der Waals surface area contributed by atoms with E-state index < -0.39 is 54.2 Å². The number of phosphoric ester groups is 1. The van der Waals surface area contributed by atoms with Crippen LogP contribution in [0.1, 0.15) is 25.0 Å². The molecule has 11 heteroatoms. The minimum Gasteiger partial charge on any atom is -0.395 e. The van der Waals surface area contributed by atoms with Crippen molar-refractivity contribution in [1.82, 2.24) is 0 Å². The van der Waals surface area contributed by atoms with Crippen LogP contribution in [0.25, 0.3) is 0 Å². The van der Waals surface area contributed by atoms with Crippen LogP contribution in [0.5, 0.6) is 11.5 Å². The molecule has 0 saturated carbocycles. The molecule has 1 N–H and O–H groups in total. The molecule has 1 atom stereocenters. The van der Waals surface area contributed by atoms with Gasteiger partial charge in [-0.3, -0.25) is 4.89 Å². The summed E-state index contributed by atoms with van der Waals surface area (Å²) >= 11 is 0. The molecule has 0 aliphatic carbocycles. The van der Waals surface area contributed by atoms with E-state index in [1.165, 1.54) is 24.3 Å². The normalized spacial score (nSPS) is 14.1. The smallest absolute Gasteiger partial charge is 0.395 e. The molecule has 2 aromatic carbocycles. The molecule has 2 aromatic rings. The maximum Gasteiger partial charge on any atom is 0.585 e. The Hall–Kier alpha value is -2.19. The van der Waals surface area contributed by atoms with Crippen LogP contribution in [0.2, 0.25) is 0 Å². The van der Waals surface area contributed by atoms with Crippen molar-refractivity contribution in [3.05, 3.63) is 58.7 Å². The molecule has 154 valence electrons. The Balaban J connectivity index is 2.46. The molecule has 28 heavy (non-hydrogen) atoms. The van der Waals surface area contributed by atoms with Gasteiger partial charge in [0.25, 0.3) is 5.92 Å². The van der Waals surface area contributed by atoms with E-state index in [0.717, 1.165) is 19.4 Å². The highest BCUT2D eigenvalue weighted by Crippen LogP contribution is 2.48. The average Bonchev–Trinajstić information content (AvgIpc) is 2.58. The first-order valence-corrected chi connectivity index (χ1v) is 9.30. The van der Waals surface area contributed by atoms with E-state index in [4.69, 9.17) is 0 Å². The van der Waals surface area contributed by atoms with Crippen LogP contribution >= 0.6 is 7.82 Å². The molecule has 0 heterocycles. The van der Waals surface area contributed by atoms with Gasteiger partial charge in [0.05, 0.1) is 5.56 Å². The Morgan fingerprint density at radius 1 is 0.929 bits per heavy atom. The molecule has 0 spiro atoms. The van der Waals surface area contributed by atoms with Gasteiger partial charge in [-0.1, -0.05) is 31.5 Å². The van der Waals surface area contributed by atoms with Crippen LogP contribution in [0.15, 0.2) is 24.3 Å². The molecular formula is C17H15F6O4P. The number of halogens is 6. The predicted molar refractivity (Wildman–Crippen MR) is 87.3 cm³/mol. The van der Waals surface area contributed by atoms with Crippen molar-refractivity contribution in [3.8, 4) is 11.5 Å². The Bertz CT molecular complexity index is 901. The minimum absolute atomic E-state index is 0.249. The van der Waals surface area contributed by atoms with Crippen LogP contribution in [-0.2, 0) is 10.5 Å². The van der Waals surface area contributed by atoms with E-state index >= 15 is 0 Å². The summed E-state index contributed by atoms with van der Waals surface area (Å²) in [5.74, 6) is -17.9. The molecule has 0 amide bonds. The Labute approximate surface area is 156 Å². The third-order valence-corrected chi connectivity index (χ3v) is 4.58. The number of rotatable bonds is 6. The molecule has 0 radical (unpaired) electrons. The summed E-state index contributed by atoms with van der Waals surface area (Å²) < 4.78 is 105. The van der Waals surface area contributed by atoms with Gasteiger partial charge in [-0.15, -0.1) is 0 Å². The van der Waals surface area contributed by atoms with Gasteiger partial charge >= 0.3 is 7.82 Å². The third kappa shape index (κ3) is 4.28. The lowest BCUT2D eigenvalue weighted by Crippen LogP contribution is -2.26. The van der Waals surface area contributed by atoms with E-state index in [-0.39, 0.29) is 5.75 Å². The second-order valence-corrected chi connectivity index (χ2v) is 7.50.